The number of hydrogen-bond donors (Lipinski definition) is 0. The Kier molecular flexibility index (Phi) is 4.17. The molecule has 0 aromatic heterocycles. The highest BCUT2D eigenvalue weighted by Gasteiger charge is 2.39. The maximum Gasteiger partial charge on any atom is 0.151 e. The molecule has 3 nitrogen and oxygen atoms in total. The van der Waals surface area contributed by atoms with Gasteiger partial charge in [-0.2, -0.15) is 0 Å². The van der Waals surface area contributed by atoms with E-state index in [0.29, 0.717) is 12.8 Å². The number of rotatable bonds is 3. The van der Waals surface area contributed by atoms with Gasteiger partial charge in [-0.3, -0.25) is 14.4 Å². The summed E-state index contributed by atoms with van der Waals surface area (Å²) >= 11 is 0. The van der Waals surface area contributed by atoms with Crippen molar-refractivity contribution in [2.45, 2.75) is 46.0 Å². The minimum atomic E-state index is -0.997. The van der Waals surface area contributed by atoms with Crippen molar-refractivity contribution < 1.29 is 14.4 Å². The Morgan fingerprint density at radius 1 is 1.10 bits per heavy atom. The zero-order chi connectivity index (χ0) is 14.9. The zero-order valence-corrected chi connectivity index (χ0v) is 12.2. The van der Waals surface area contributed by atoms with E-state index < -0.39 is 5.92 Å². The van der Waals surface area contributed by atoms with Gasteiger partial charge in [0.15, 0.2) is 17.3 Å². The molecule has 0 amide bonds. The highest BCUT2D eigenvalue weighted by Crippen LogP contribution is 2.33. The number of carbonyl (C=O) groups is 3. The van der Waals surface area contributed by atoms with Gasteiger partial charge in [0, 0.05) is 19.3 Å². The first-order chi connectivity index (χ1) is 9.43. The molecule has 1 aliphatic carbocycles. The molecule has 3 heteroatoms. The van der Waals surface area contributed by atoms with Crippen LogP contribution in [0, 0.1) is 19.8 Å². The third kappa shape index (κ3) is 2.72. The van der Waals surface area contributed by atoms with Crippen molar-refractivity contribution in [1.29, 1.82) is 0 Å². The SMILES string of the molecule is CCC(=O)C1C(=O)CC(c2ccc(C)c(C)c2)CC1=O. The standard InChI is InChI=1S/C17H20O3/c1-4-14(18)17-15(19)8-13(9-16(17)20)12-6-5-10(2)11(3)7-12/h5-7,13,17H,4,8-9H2,1-3H3. The number of Topliss-reactive ketones (excluding diaryl/α,β-unsaturated/α-hetero) is 3. The Balaban J connectivity index is 2.22. The topological polar surface area (TPSA) is 51.2 Å². The summed E-state index contributed by atoms with van der Waals surface area (Å²) in [6.45, 7) is 5.75. The smallest absolute Gasteiger partial charge is 0.151 e. The summed E-state index contributed by atoms with van der Waals surface area (Å²) in [7, 11) is 0. The summed E-state index contributed by atoms with van der Waals surface area (Å²) in [6, 6.07) is 6.04. The molecule has 1 aromatic rings. The van der Waals surface area contributed by atoms with E-state index in [4.69, 9.17) is 0 Å². The van der Waals surface area contributed by atoms with Crippen molar-refractivity contribution in [2.24, 2.45) is 5.92 Å². The van der Waals surface area contributed by atoms with Gasteiger partial charge in [-0.25, -0.2) is 0 Å². The molecule has 0 atom stereocenters. The van der Waals surface area contributed by atoms with Crippen LogP contribution in [0.25, 0.3) is 0 Å². The second-order valence-electron chi connectivity index (χ2n) is 5.63. The van der Waals surface area contributed by atoms with Crippen LogP contribution in [0.2, 0.25) is 0 Å². The van der Waals surface area contributed by atoms with Gasteiger partial charge >= 0.3 is 0 Å². The molecular weight excluding hydrogens is 252 g/mol. The quantitative estimate of drug-likeness (QED) is 0.795. The Morgan fingerprint density at radius 3 is 2.20 bits per heavy atom. The molecule has 1 aromatic carbocycles. The molecule has 0 bridgehead atoms. The molecule has 0 N–H and O–H groups in total. The molecular formula is C17H20O3. The Bertz CT molecular complexity index is 554. The molecule has 1 fully saturated rings. The van der Waals surface area contributed by atoms with E-state index in [0.717, 1.165) is 11.1 Å². The second-order valence-corrected chi connectivity index (χ2v) is 5.63. The largest absolute Gasteiger partial charge is 0.298 e. The summed E-state index contributed by atoms with van der Waals surface area (Å²) in [4.78, 5) is 35.9. The Hall–Kier alpha value is -1.77. The first-order valence-electron chi connectivity index (χ1n) is 7.09. The summed E-state index contributed by atoms with van der Waals surface area (Å²) in [6.07, 6.45) is 0.839. The summed E-state index contributed by atoms with van der Waals surface area (Å²) < 4.78 is 0. The lowest BCUT2D eigenvalue weighted by atomic mass is 9.75. The average molecular weight is 272 g/mol. The fourth-order valence-corrected chi connectivity index (χ4v) is 2.79. The molecule has 0 spiro atoms. The molecule has 0 radical (unpaired) electrons. The van der Waals surface area contributed by atoms with Crippen LogP contribution in [0.15, 0.2) is 18.2 Å². The first-order valence-corrected chi connectivity index (χ1v) is 7.09. The minimum absolute atomic E-state index is 0.0739. The van der Waals surface area contributed by atoms with Crippen LogP contribution in [-0.2, 0) is 14.4 Å². The number of aryl methyl sites for hydroxylation is 2. The van der Waals surface area contributed by atoms with E-state index in [1.807, 2.05) is 32.0 Å². The van der Waals surface area contributed by atoms with E-state index >= 15 is 0 Å². The number of ketones is 3. The summed E-state index contributed by atoms with van der Waals surface area (Å²) in [5.74, 6) is -1.73. The van der Waals surface area contributed by atoms with Crippen molar-refractivity contribution >= 4 is 17.3 Å². The van der Waals surface area contributed by atoms with E-state index in [2.05, 4.69) is 0 Å². The predicted molar refractivity (Wildman–Crippen MR) is 76.7 cm³/mol. The lowest BCUT2D eigenvalue weighted by Gasteiger charge is -2.26. The van der Waals surface area contributed by atoms with Crippen molar-refractivity contribution in [3.8, 4) is 0 Å². The lowest BCUT2D eigenvalue weighted by Crippen LogP contribution is -2.37. The average Bonchev–Trinajstić information content (AvgIpc) is 2.40. The van der Waals surface area contributed by atoms with Crippen LogP contribution in [0.5, 0.6) is 0 Å². The summed E-state index contributed by atoms with van der Waals surface area (Å²) in [5, 5.41) is 0. The van der Waals surface area contributed by atoms with Gasteiger partial charge in [0.25, 0.3) is 0 Å². The van der Waals surface area contributed by atoms with Gasteiger partial charge in [-0.1, -0.05) is 25.1 Å². The van der Waals surface area contributed by atoms with Crippen molar-refractivity contribution in [1.82, 2.24) is 0 Å². The molecule has 106 valence electrons. The minimum Gasteiger partial charge on any atom is -0.298 e. The third-order valence-electron chi connectivity index (χ3n) is 4.21. The van der Waals surface area contributed by atoms with Gasteiger partial charge in [-0.05, 0) is 36.5 Å². The second kappa shape index (κ2) is 5.70. The normalized spacial score (nSPS) is 22.9. The van der Waals surface area contributed by atoms with Gasteiger partial charge in [0.1, 0.15) is 5.92 Å². The van der Waals surface area contributed by atoms with E-state index in [1.54, 1.807) is 6.92 Å². The molecule has 1 saturated carbocycles. The van der Waals surface area contributed by atoms with Crippen molar-refractivity contribution in [3.63, 3.8) is 0 Å². The monoisotopic (exact) mass is 272 g/mol. The van der Waals surface area contributed by atoms with Gasteiger partial charge < -0.3 is 0 Å². The van der Waals surface area contributed by atoms with E-state index in [1.165, 1.54) is 5.56 Å². The van der Waals surface area contributed by atoms with Gasteiger partial charge in [0.2, 0.25) is 0 Å². The van der Waals surface area contributed by atoms with Crippen LogP contribution >= 0.6 is 0 Å². The van der Waals surface area contributed by atoms with Crippen LogP contribution < -0.4 is 0 Å². The molecule has 0 aliphatic heterocycles. The molecule has 20 heavy (non-hydrogen) atoms. The van der Waals surface area contributed by atoms with E-state index in [-0.39, 0.29) is 29.7 Å². The highest BCUT2D eigenvalue weighted by atomic mass is 16.2. The van der Waals surface area contributed by atoms with Crippen LogP contribution in [0.1, 0.15) is 48.8 Å². The Labute approximate surface area is 119 Å². The molecule has 2 rings (SSSR count). The van der Waals surface area contributed by atoms with Gasteiger partial charge in [-0.15, -0.1) is 0 Å². The Morgan fingerprint density at radius 2 is 1.70 bits per heavy atom. The number of benzene rings is 1. The van der Waals surface area contributed by atoms with Crippen LogP contribution in [0.4, 0.5) is 0 Å². The maximum atomic E-state index is 12.1. The zero-order valence-electron chi connectivity index (χ0n) is 12.2. The number of hydrogen-bond acceptors (Lipinski definition) is 3. The van der Waals surface area contributed by atoms with Crippen LogP contribution in [0.3, 0.4) is 0 Å². The molecule has 0 saturated heterocycles. The molecule has 0 unspecified atom stereocenters. The molecule has 1 aliphatic rings. The lowest BCUT2D eigenvalue weighted by molar-refractivity contribution is -0.142. The maximum absolute atomic E-state index is 12.1. The van der Waals surface area contributed by atoms with Crippen molar-refractivity contribution in [2.75, 3.05) is 0 Å². The van der Waals surface area contributed by atoms with Crippen molar-refractivity contribution in [3.05, 3.63) is 34.9 Å². The van der Waals surface area contributed by atoms with Gasteiger partial charge in [0.05, 0.1) is 0 Å². The fraction of sp³-hybridized carbons (Fsp3) is 0.471. The van der Waals surface area contributed by atoms with E-state index in [9.17, 15) is 14.4 Å². The van der Waals surface area contributed by atoms with Crippen LogP contribution in [-0.4, -0.2) is 17.3 Å². The fourth-order valence-electron chi connectivity index (χ4n) is 2.79. The highest BCUT2D eigenvalue weighted by molar-refractivity contribution is 6.20. The predicted octanol–water partition coefficient (Wildman–Crippen LogP) is 2.91. The number of carbonyl (C=O) groups excluding carboxylic acids is 3. The summed E-state index contributed by atoms with van der Waals surface area (Å²) in [5.41, 5.74) is 3.38. The third-order valence-corrected chi connectivity index (χ3v) is 4.21. The first kappa shape index (κ1) is 14.6. The molecule has 0 heterocycles.